The predicted molar refractivity (Wildman–Crippen MR) is 113 cm³/mol. The summed E-state index contributed by atoms with van der Waals surface area (Å²) in [5.41, 5.74) is 2.64. The number of carbonyl (C=O) groups is 2. The number of anilines is 2. The number of piperidine rings is 1. The summed E-state index contributed by atoms with van der Waals surface area (Å²) in [5.74, 6) is -0.0119. The number of halogens is 1. The predicted octanol–water partition coefficient (Wildman–Crippen LogP) is 4.24. The molecule has 2 aromatic carbocycles. The molecule has 2 N–H and O–H groups in total. The highest BCUT2D eigenvalue weighted by Gasteiger charge is 2.26. The summed E-state index contributed by atoms with van der Waals surface area (Å²) in [6.07, 6.45) is 1.44. The highest BCUT2D eigenvalue weighted by atomic mass is 19.1. The average molecular weight is 397 g/mol. The van der Waals surface area contributed by atoms with E-state index in [4.69, 9.17) is 0 Å². The number of hydrogen-bond acceptors (Lipinski definition) is 3. The third-order valence-electron chi connectivity index (χ3n) is 5.30. The van der Waals surface area contributed by atoms with E-state index in [0.717, 1.165) is 18.5 Å². The molecule has 3 rings (SSSR count). The van der Waals surface area contributed by atoms with Gasteiger partial charge >= 0.3 is 0 Å². The fourth-order valence-electron chi connectivity index (χ4n) is 3.49. The maximum Gasteiger partial charge on any atom is 0.238 e. The zero-order chi connectivity index (χ0) is 20.8. The Labute approximate surface area is 171 Å². The van der Waals surface area contributed by atoms with Crippen molar-refractivity contribution < 1.29 is 14.0 Å². The van der Waals surface area contributed by atoms with Gasteiger partial charge in [0.05, 0.1) is 6.54 Å². The molecule has 0 atom stereocenters. The highest BCUT2D eigenvalue weighted by Crippen LogP contribution is 2.21. The van der Waals surface area contributed by atoms with Crippen molar-refractivity contribution in [3.8, 4) is 0 Å². The number of hydrogen-bond donors (Lipinski definition) is 2. The molecule has 0 aromatic heterocycles. The van der Waals surface area contributed by atoms with Gasteiger partial charge in [0.25, 0.3) is 0 Å². The molecule has 1 aliphatic heterocycles. The summed E-state index contributed by atoms with van der Waals surface area (Å²) < 4.78 is 12.9. The zero-order valence-corrected chi connectivity index (χ0v) is 17.0. The van der Waals surface area contributed by atoms with Crippen LogP contribution in [0, 0.1) is 11.7 Å². The Morgan fingerprint density at radius 3 is 2.10 bits per heavy atom. The van der Waals surface area contributed by atoms with Crippen molar-refractivity contribution in [2.24, 2.45) is 5.92 Å². The van der Waals surface area contributed by atoms with Gasteiger partial charge in [-0.3, -0.25) is 14.5 Å². The lowest BCUT2D eigenvalue weighted by Gasteiger charge is -2.30. The van der Waals surface area contributed by atoms with Gasteiger partial charge in [0.15, 0.2) is 0 Å². The molecule has 0 radical (unpaired) electrons. The molecule has 1 aliphatic rings. The molecular formula is C23H28FN3O2. The fourth-order valence-corrected chi connectivity index (χ4v) is 3.49. The number of likely N-dealkylation sites (tertiary alicyclic amines) is 1. The van der Waals surface area contributed by atoms with Crippen LogP contribution in [0.15, 0.2) is 48.5 Å². The molecule has 1 saturated heterocycles. The molecule has 29 heavy (non-hydrogen) atoms. The van der Waals surface area contributed by atoms with E-state index in [1.165, 1.54) is 29.8 Å². The smallest absolute Gasteiger partial charge is 0.238 e. The molecular weight excluding hydrogens is 369 g/mol. The van der Waals surface area contributed by atoms with Gasteiger partial charge in [0.2, 0.25) is 11.8 Å². The average Bonchev–Trinajstić information content (AvgIpc) is 2.70. The van der Waals surface area contributed by atoms with Gasteiger partial charge in [-0.2, -0.15) is 0 Å². The van der Waals surface area contributed by atoms with E-state index in [-0.39, 0.29) is 30.1 Å². The van der Waals surface area contributed by atoms with Gasteiger partial charge in [0, 0.05) is 17.3 Å². The molecule has 154 valence electrons. The van der Waals surface area contributed by atoms with Crippen LogP contribution in [0.4, 0.5) is 15.8 Å². The lowest BCUT2D eigenvalue weighted by Crippen LogP contribution is -2.41. The van der Waals surface area contributed by atoms with E-state index < -0.39 is 0 Å². The SMILES string of the molecule is CC(C)c1ccc(NC(=O)C2CCN(CC(=O)Nc3ccc(F)cc3)CC2)cc1. The molecule has 2 aromatic rings. The Kier molecular flexibility index (Phi) is 6.99. The standard InChI is InChI=1S/C23H28FN3O2/c1-16(2)17-3-7-21(8-4-17)26-23(29)18-11-13-27(14-12-18)15-22(28)25-20-9-5-19(24)6-10-20/h3-10,16,18H,11-15H2,1-2H3,(H,25,28)(H,26,29). The number of amides is 2. The molecule has 5 nitrogen and oxygen atoms in total. The first-order valence-corrected chi connectivity index (χ1v) is 10.1. The second kappa shape index (κ2) is 9.65. The molecule has 6 heteroatoms. The molecule has 0 bridgehead atoms. The van der Waals surface area contributed by atoms with Crippen molar-refractivity contribution >= 4 is 23.2 Å². The van der Waals surface area contributed by atoms with E-state index >= 15 is 0 Å². The van der Waals surface area contributed by atoms with Gasteiger partial charge < -0.3 is 10.6 Å². The second-order valence-corrected chi connectivity index (χ2v) is 7.87. The minimum atomic E-state index is -0.334. The monoisotopic (exact) mass is 397 g/mol. The van der Waals surface area contributed by atoms with E-state index in [2.05, 4.69) is 24.5 Å². The minimum absolute atomic E-state index is 0.0395. The zero-order valence-electron chi connectivity index (χ0n) is 17.0. The van der Waals surface area contributed by atoms with Crippen molar-refractivity contribution in [2.45, 2.75) is 32.6 Å². The van der Waals surface area contributed by atoms with Crippen molar-refractivity contribution in [1.82, 2.24) is 4.90 Å². The Balaban J connectivity index is 1.42. The first-order valence-electron chi connectivity index (χ1n) is 10.1. The van der Waals surface area contributed by atoms with Crippen LogP contribution in [-0.4, -0.2) is 36.3 Å². The van der Waals surface area contributed by atoms with Crippen LogP contribution >= 0.6 is 0 Å². The van der Waals surface area contributed by atoms with E-state index in [1.54, 1.807) is 0 Å². The summed E-state index contributed by atoms with van der Waals surface area (Å²) in [6.45, 7) is 5.94. The third kappa shape index (κ3) is 6.12. The first kappa shape index (κ1) is 21.0. The lowest BCUT2D eigenvalue weighted by molar-refractivity contribution is -0.121. The maximum atomic E-state index is 12.9. The van der Waals surface area contributed by atoms with E-state index in [0.29, 0.717) is 24.7 Å². The van der Waals surface area contributed by atoms with Crippen molar-refractivity contribution in [3.63, 3.8) is 0 Å². The van der Waals surface area contributed by atoms with E-state index in [1.807, 2.05) is 29.2 Å². The van der Waals surface area contributed by atoms with Gasteiger partial charge in [-0.05, 0) is 73.8 Å². The Morgan fingerprint density at radius 1 is 0.966 bits per heavy atom. The summed E-state index contributed by atoms with van der Waals surface area (Å²) in [7, 11) is 0. The Morgan fingerprint density at radius 2 is 1.52 bits per heavy atom. The normalized spacial score (nSPS) is 15.3. The summed E-state index contributed by atoms with van der Waals surface area (Å²) >= 11 is 0. The largest absolute Gasteiger partial charge is 0.326 e. The quantitative estimate of drug-likeness (QED) is 0.767. The summed E-state index contributed by atoms with van der Waals surface area (Å²) in [6, 6.07) is 13.7. The molecule has 0 spiro atoms. The topological polar surface area (TPSA) is 61.4 Å². The molecule has 0 saturated carbocycles. The van der Waals surface area contributed by atoms with Gasteiger partial charge in [-0.1, -0.05) is 26.0 Å². The minimum Gasteiger partial charge on any atom is -0.326 e. The van der Waals surface area contributed by atoms with Gasteiger partial charge in [-0.15, -0.1) is 0 Å². The van der Waals surface area contributed by atoms with Crippen LogP contribution < -0.4 is 10.6 Å². The van der Waals surface area contributed by atoms with Crippen LogP contribution in [0.25, 0.3) is 0 Å². The highest BCUT2D eigenvalue weighted by molar-refractivity contribution is 5.93. The van der Waals surface area contributed by atoms with Crippen molar-refractivity contribution in [3.05, 3.63) is 59.9 Å². The van der Waals surface area contributed by atoms with Crippen LogP contribution in [0.1, 0.15) is 38.2 Å². The number of nitrogens with one attached hydrogen (secondary N) is 2. The third-order valence-corrected chi connectivity index (χ3v) is 5.30. The van der Waals surface area contributed by atoms with Crippen molar-refractivity contribution in [1.29, 1.82) is 0 Å². The lowest BCUT2D eigenvalue weighted by atomic mass is 9.95. The van der Waals surface area contributed by atoms with Gasteiger partial charge in [0.1, 0.15) is 5.82 Å². The Hall–Kier alpha value is -2.73. The number of benzene rings is 2. The Bertz CT molecular complexity index is 826. The summed E-state index contributed by atoms with van der Waals surface area (Å²) in [4.78, 5) is 26.8. The molecule has 0 aliphatic carbocycles. The number of nitrogens with zero attached hydrogens (tertiary/aromatic N) is 1. The van der Waals surface area contributed by atoms with Crippen LogP contribution in [-0.2, 0) is 9.59 Å². The number of carbonyl (C=O) groups excluding carboxylic acids is 2. The van der Waals surface area contributed by atoms with Gasteiger partial charge in [-0.25, -0.2) is 4.39 Å². The van der Waals surface area contributed by atoms with Crippen LogP contribution in [0.2, 0.25) is 0 Å². The van der Waals surface area contributed by atoms with Crippen LogP contribution in [0.3, 0.4) is 0 Å². The molecule has 1 heterocycles. The fraction of sp³-hybridized carbons (Fsp3) is 0.391. The second-order valence-electron chi connectivity index (χ2n) is 7.87. The number of rotatable bonds is 6. The molecule has 0 unspecified atom stereocenters. The molecule has 1 fully saturated rings. The van der Waals surface area contributed by atoms with E-state index in [9.17, 15) is 14.0 Å². The summed E-state index contributed by atoms with van der Waals surface area (Å²) in [5, 5.41) is 5.77. The maximum absolute atomic E-state index is 12.9. The molecule has 2 amide bonds. The van der Waals surface area contributed by atoms with Crippen LogP contribution in [0.5, 0.6) is 0 Å². The van der Waals surface area contributed by atoms with Crippen molar-refractivity contribution in [2.75, 3.05) is 30.3 Å². The first-order chi connectivity index (χ1) is 13.9.